The molecule has 0 amide bonds. The molecule has 2 fully saturated rings. The molecular weight excluding hydrogens is 114 g/mol. The second-order valence-electron chi connectivity index (χ2n) is 3.31. The van der Waals surface area contributed by atoms with Gasteiger partial charge in [0.2, 0.25) is 0 Å². The molecule has 2 heteroatoms. The van der Waals surface area contributed by atoms with Crippen molar-refractivity contribution in [1.29, 1.82) is 0 Å². The normalized spacial score (nSPS) is 39.0. The van der Waals surface area contributed by atoms with Crippen LogP contribution < -0.4 is 5.73 Å². The standard InChI is InChI=1S/C7H13NO/c8-6-1-4-9-5-7(6)2-3-7/h6H,1-5,8H2/t6-/m1/s1. The van der Waals surface area contributed by atoms with Crippen molar-refractivity contribution in [2.24, 2.45) is 11.1 Å². The average Bonchev–Trinajstić information content (AvgIpc) is 2.60. The highest BCUT2D eigenvalue weighted by atomic mass is 16.5. The summed E-state index contributed by atoms with van der Waals surface area (Å²) in [5, 5.41) is 0. The van der Waals surface area contributed by atoms with Crippen LogP contribution in [0.25, 0.3) is 0 Å². The van der Waals surface area contributed by atoms with E-state index < -0.39 is 0 Å². The highest BCUT2D eigenvalue weighted by Gasteiger charge is 2.49. The first kappa shape index (κ1) is 5.69. The Hall–Kier alpha value is -0.0800. The van der Waals surface area contributed by atoms with Gasteiger partial charge in [-0.3, -0.25) is 0 Å². The molecule has 1 heterocycles. The van der Waals surface area contributed by atoms with Gasteiger partial charge in [0.15, 0.2) is 0 Å². The van der Waals surface area contributed by atoms with Crippen LogP contribution in [0.15, 0.2) is 0 Å². The fourth-order valence-corrected chi connectivity index (χ4v) is 1.57. The fourth-order valence-electron chi connectivity index (χ4n) is 1.57. The van der Waals surface area contributed by atoms with Crippen LogP contribution in [-0.2, 0) is 4.74 Å². The molecule has 1 aliphatic heterocycles. The Balaban J connectivity index is 2.03. The summed E-state index contributed by atoms with van der Waals surface area (Å²) in [6.45, 7) is 1.80. The predicted octanol–water partition coefficient (Wildman–Crippen LogP) is 0.514. The number of ether oxygens (including phenoxy) is 1. The summed E-state index contributed by atoms with van der Waals surface area (Å²) in [5.41, 5.74) is 6.34. The van der Waals surface area contributed by atoms with Crippen molar-refractivity contribution in [3.05, 3.63) is 0 Å². The van der Waals surface area contributed by atoms with E-state index >= 15 is 0 Å². The molecule has 2 nitrogen and oxygen atoms in total. The molecule has 2 N–H and O–H groups in total. The number of hydrogen-bond donors (Lipinski definition) is 1. The zero-order valence-electron chi connectivity index (χ0n) is 5.60. The first-order valence-electron chi connectivity index (χ1n) is 3.67. The van der Waals surface area contributed by atoms with E-state index in [0.717, 1.165) is 19.6 Å². The van der Waals surface area contributed by atoms with Crippen LogP contribution in [0.3, 0.4) is 0 Å². The third-order valence-electron chi connectivity index (χ3n) is 2.64. The lowest BCUT2D eigenvalue weighted by Crippen LogP contribution is -2.40. The van der Waals surface area contributed by atoms with Crippen molar-refractivity contribution < 1.29 is 4.74 Å². The Labute approximate surface area is 55.4 Å². The summed E-state index contributed by atoms with van der Waals surface area (Å²) < 4.78 is 5.34. The third-order valence-corrected chi connectivity index (χ3v) is 2.64. The minimum absolute atomic E-state index is 0.436. The van der Waals surface area contributed by atoms with Gasteiger partial charge in [-0.15, -0.1) is 0 Å². The number of nitrogens with two attached hydrogens (primary N) is 1. The lowest BCUT2D eigenvalue weighted by atomic mass is 9.94. The van der Waals surface area contributed by atoms with Crippen LogP contribution in [0.4, 0.5) is 0 Å². The Bertz CT molecular complexity index is 120. The van der Waals surface area contributed by atoms with Gasteiger partial charge in [0.25, 0.3) is 0 Å². The maximum atomic E-state index is 5.90. The van der Waals surface area contributed by atoms with E-state index in [1.807, 2.05) is 0 Å². The van der Waals surface area contributed by atoms with Crippen LogP contribution >= 0.6 is 0 Å². The van der Waals surface area contributed by atoms with Gasteiger partial charge < -0.3 is 10.5 Å². The largest absolute Gasteiger partial charge is 0.381 e. The monoisotopic (exact) mass is 127 g/mol. The van der Waals surface area contributed by atoms with Crippen molar-refractivity contribution in [1.82, 2.24) is 0 Å². The average molecular weight is 127 g/mol. The smallest absolute Gasteiger partial charge is 0.0537 e. The molecule has 1 atom stereocenters. The van der Waals surface area contributed by atoms with Gasteiger partial charge >= 0.3 is 0 Å². The van der Waals surface area contributed by atoms with E-state index in [-0.39, 0.29) is 0 Å². The van der Waals surface area contributed by atoms with Gasteiger partial charge in [-0.05, 0) is 19.3 Å². The zero-order chi connectivity index (χ0) is 6.32. The minimum atomic E-state index is 0.436. The van der Waals surface area contributed by atoms with Crippen LogP contribution in [0.2, 0.25) is 0 Å². The number of hydrogen-bond acceptors (Lipinski definition) is 2. The van der Waals surface area contributed by atoms with Crippen molar-refractivity contribution in [3.63, 3.8) is 0 Å². The Morgan fingerprint density at radius 2 is 2.22 bits per heavy atom. The molecule has 0 bridgehead atoms. The topological polar surface area (TPSA) is 35.2 Å². The van der Waals surface area contributed by atoms with Gasteiger partial charge in [0.05, 0.1) is 6.61 Å². The highest BCUT2D eigenvalue weighted by molar-refractivity contribution is 5.02. The van der Waals surface area contributed by atoms with E-state index in [1.54, 1.807) is 0 Å². The molecule has 0 aromatic carbocycles. The van der Waals surface area contributed by atoms with E-state index in [9.17, 15) is 0 Å². The SMILES string of the molecule is N[C@@H]1CCOCC12CC2. The Kier molecular flexibility index (Phi) is 1.08. The predicted molar refractivity (Wildman–Crippen MR) is 35.1 cm³/mol. The Morgan fingerprint density at radius 3 is 2.67 bits per heavy atom. The summed E-state index contributed by atoms with van der Waals surface area (Å²) in [6.07, 6.45) is 3.67. The lowest BCUT2D eigenvalue weighted by Gasteiger charge is -2.28. The molecule has 1 saturated carbocycles. The molecule has 0 aromatic heterocycles. The lowest BCUT2D eigenvalue weighted by molar-refractivity contribution is 0.0301. The van der Waals surface area contributed by atoms with Gasteiger partial charge in [-0.2, -0.15) is 0 Å². The maximum Gasteiger partial charge on any atom is 0.0537 e. The van der Waals surface area contributed by atoms with Crippen molar-refractivity contribution >= 4 is 0 Å². The van der Waals surface area contributed by atoms with E-state index in [1.165, 1.54) is 12.8 Å². The maximum absolute atomic E-state index is 5.90. The van der Waals surface area contributed by atoms with Crippen LogP contribution in [0.5, 0.6) is 0 Å². The molecule has 0 radical (unpaired) electrons. The van der Waals surface area contributed by atoms with Gasteiger partial charge in [0, 0.05) is 18.1 Å². The van der Waals surface area contributed by atoms with Crippen molar-refractivity contribution in [2.45, 2.75) is 25.3 Å². The van der Waals surface area contributed by atoms with E-state index in [4.69, 9.17) is 10.5 Å². The third kappa shape index (κ3) is 0.775. The highest BCUT2D eigenvalue weighted by Crippen LogP contribution is 2.50. The van der Waals surface area contributed by atoms with Gasteiger partial charge in [-0.25, -0.2) is 0 Å². The molecule has 1 aliphatic carbocycles. The first-order chi connectivity index (χ1) is 4.33. The van der Waals surface area contributed by atoms with E-state index in [0.29, 0.717) is 11.5 Å². The van der Waals surface area contributed by atoms with Crippen LogP contribution in [0.1, 0.15) is 19.3 Å². The Morgan fingerprint density at radius 1 is 1.44 bits per heavy atom. The van der Waals surface area contributed by atoms with Crippen molar-refractivity contribution in [3.8, 4) is 0 Å². The van der Waals surface area contributed by atoms with Gasteiger partial charge in [-0.1, -0.05) is 0 Å². The van der Waals surface area contributed by atoms with Gasteiger partial charge in [0.1, 0.15) is 0 Å². The van der Waals surface area contributed by atoms with Crippen molar-refractivity contribution in [2.75, 3.05) is 13.2 Å². The summed E-state index contributed by atoms with van der Waals surface area (Å²) in [4.78, 5) is 0. The van der Waals surface area contributed by atoms with E-state index in [2.05, 4.69) is 0 Å². The molecule has 1 spiro atoms. The molecular formula is C7H13NO. The second-order valence-corrected chi connectivity index (χ2v) is 3.31. The molecule has 0 unspecified atom stereocenters. The van der Waals surface area contributed by atoms with Crippen LogP contribution in [0, 0.1) is 5.41 Å². The zero-order valence-corrected chi connectivity index (χ0v) is 5.60. The summed E-state index contributed by atoms with van der Waals surface area (Å²) >= 11 is 0. The molecule has 2 aliphatic rings. The minimum Gasteiger partial charge on any atom is -0.381 e. The second kappa shape index (κ2) is 1.70. The summed E-state index contributed by atoms with van der Waals surface area (Å²) in [6, 6.07) is 0.436. The molecule has 2 rings (SSSR count). The summed E-state index contributed by atoms with van der Waals surface area (Å²) in [7, 11) is 0. The number of rotatable bonds is 0. The molecule has 52 valence electrons. The quantitative estimate of drug-likeness (QED) is 0.514. The first-order valence-corrected chi connectivity index (χ1v) is 3.67. The fraction of sp³-hybridized carbons (Fsp3) is 1.00. The molecule has 9 heavy (non-hydrogen) atoms. The summed E-state index contributed by atoms with van der Waals surface area (Å²) in [5.74, 6) is 0. The molecule has 1 saturated heterocycles. The molecule has 0 aromatic rings. The van der Waals surface area contributed by atoms with Crippen LogP contribution in [-0.4, -0.2) is 19.3 Å².